The van der Waals surface area contributed by atoms with Gasteiger partial charge in [0.15, 0.2) is 6.10 Å². The fourth-order valence-corrected chi connectivity index (χ4v) is 4.26. The maximum atomic E-state index is 13.4. The van der Waals surface area contributed by atoms with E-state index >= 15 is 0 Å². The number of anilines is 2. The van der Waals surface area contributed by atoms with Crippen molar-refractivity contribution in [1.29, 1.82) is 4.78 Å². The molecule has 0 saturated carbocycles. The van der Waals surface area contributed by atoms with Gasteiger partial charge < -0.3 is 15.0 Å². The minimum Gasteiger partial charge on any atom is -0.366 e. The number of nitrogens with zero attached hydrogens (tertiary/aromatic N) is 1. The van der Waals surface area contributed by atoms with Gasteiger partial charge in [0.05, 0.1) is 44.7 Å². The minimum absolute atomic E-state index is 0.0847. The molecule has 34 heavy (non-hydrogen) atoms. The van der Waals surface area contributed by atoms with E-state index in [2.05, 4.69) is 5.32 Å². The van der Waals surface area contributed by atoms with E-state index in [9.17, 15) is 35.3 Å². The Labute approximate surface area is 195 Å². The van der Waals surface area contributed by atoms with Crippen LogP contribution in [0.2, 0.25) is 5.02 Å². The molecule has 2 atom stereocenters. The molecule has 1 saturated heterocycles. The van der Waals surface area contributed by atoms with Crippen LogP contribution in [0.5, 0.6) is 0 Å². The van der Waals surface area contributed by atoms with Crippen LogP contribution in [0.3, 0.4) is 0 Å². The van der Waals surface area contributed by atoms with E-state index in [1.807, 2.05) is 0 Å². The van der Waals surface area contributed by atoms with Gasteiger partial charge in [-0.05, 0) is 30.3 Å². The summed E-state index contributed by atoms with van der Waals surface area (Å²) in [6.07, 6.45) is -10.8. The molecule has 0 spiro atoms. The molecule has 1 aliphatic rings. The Morgan fingerprint density at radius 1 is 1.21 bits per heavy atom. The van der Waals surface area contributed by atoms with E-state index in [0.717, 1.165) is 17.2 Å². The highest BCUT2D eigenvalue weighted by Crippen LogP contribution is 2.40. The van der Waals surface area contributed by atoms with Gasteiger partial charge in [0, 0.05) is 23.4 Å². The summed E-state index contributed by atoms with van der Waals surface area (Å²) in [7, 11) is -3.13. The summed E-state index contributed by atoms with van der Waals surface area (Å²) in [6.45, 7) is -1.45. The fourth-order valence-electron chi connectivity index (χ4n) is 3.30. The van der Waals surface area contributed by atoms with Crippen molar-refractivity contribution in [2.24, 2.45) is 0 Å². The first kappa shape index (κ1) is 26.1. The number of carbonyl (C=O) groups excluding carboxylic acids is 1. The van der Waals surface area contributed by atoms with Crippen molar-refractivity contribution in [1.82, 2.24) is 0 Å². The van der Waals surface area contributed by atoms with Crippen molar-refractivity contribution < 1.29 is 40.1 Å². The number of benzene rings is 2. The maximum Gasteiger partial charge on any atom is 0.417 e. The van der Waals surface area contributed by atoms with Crippen molar-refractivity contribution in [3.63, 3.8) is 0 Å². The van der Waals surface area contributed by atoms with Crippen LogP contribution >= 0.6 is 11.6 Å². The molecule has 6 nitrogen and oxygen atoms in total. The summed E-state index contributed by atoms with van der Waals surface area (Å²) in [4.78, 5) is 14.1. The third-order valence-electron chi connectivity index (χ3n) is 4.95. The number of carbonyl (C=O) groups is 1. The van der Waals surface area contributed by atoms with E-state index < -0.39 is 69.1 Å². The molecule has 2 N–H and O–H groups in total. The second kappa shape index (κ2) is 9.27. The van der Waals surface area contributed by atoms with Crippen LogP contribution in [0.15, 0.2) is 41.3 Å². The summed E-state index contributed by atoms with van der Waals surface area (Å²) in [5.74, 6) is -0.953. The number of halogens is 7. The molecule has 2 aromatic rings. The number of hydrogen-bond donors (Lipinski definition) is 2. The molecule has 0 radical (unpaired) electrons. The number of amides is 1. The van der Waals surface area contributed by atoms with Crippen LogP contribution in [0.4, 0.5) is 37.7 Å². The Hall–Kier alpha value is -2.51. The zero-order valence-electron chi connectivity index (χ0n) is 17.4. The van der Waals surface area contributed by atoms with Gasteiger partial charge in [-0.2, -0.15) is 26.3 Å². The standard InChI is InChI=1S/C20H18ClF6N3O3S/c1-34(28,32)12-4-2-3-11(7-12)29-18(31)13-8-15(21)14(19(22,23)24)9-16(13)30-5-6-33-17(10-30)20(25,26)27/h2-4,7-9,17,28H,5-6,10H2,1H3,(H,29,31)/t17-,34+/m0/s1. The highest BCUT2D eigenvalue weighted by Gasteiger charge is 2.44. The zero-order valence-corrected chi connectivity index (χ0v) is 19.0. The van der Waals surface area contributed by atoms with Crippen molar-refractivity contribution in [3.8, 4) is 0 Å². The van der Waals surface area contributed by atoms with Gasteiger partial charge in [-0.1, -0.05) is 17.7 Å². The Bertz CT molecular complexity index is 1200. The van der Waals surface area contributed by atoms with Gasteiger partial charge in [0.2, 0.25) is 0 Å². The summed E-state index contributed by atoms with van der Waals surface area (Å²) in [5, 5.41) is 1.60. The van der Waals surface area contributed by atoms with E-state index in [1.54, 1.807) is 0 Å². The molecular formula is C20H18ClF6N3O3S. The van der Waals surface area contributed by atoms with Crippen LogP contribution in [0.1, 0.15) is 15.9 Å². The molecule has 0 unspecified atom stereocenters. The first-order valence-corrected chi connectivity index (χ1v) is 11.9. The third kappa shape index (κ3) is 5.94. The largest absolute Gasteiger partial charge is 0.417 e. The molecular weight excluding hydrogens is 512 g/mol. The van der Waals surface area contributed by atoms with E-state index in [-0.39, 0.29) is 17.1 Å². The minimum atomic E-state index is -4.92. The van der Waals surface area contributed by atoms with Gasteiger partial charge in [-0.25, -0.2) is 8.99 Å². The summed E-state index contributed by atoms with van der Waals surface area (Å²) in [5.41, 5.74) is -2.02. The molecule has 1 fully saturated rings. The van der Waals surface area contributed by atoms with Gasteiger partial charge >= 0.3 is 12.4 Å². The van der Waals surface area contributed by atoms with Crippen LogP contribution in [0.25, 0.3) is 0 Å². The molecule has 0 bridgehead atoms. The van der Waals surface area contributed by atoms with Gasteiger partial charge in [0.25, 0.3) is 5.91 Å². The number of morpholine rings is 1. The first-order valence-electron chi connectivity index (χ1n) is 9.56. The van der Waals surface area contributed by atoms with Crippen LogP contribution in [-0.2, 0) is 20.6 Å². The van der Waals surface area contributed by atoms with Gasteiger partial charge in [-0.3, -0.25) is 4.79 Å². The molecule has 2 aromatic carbocycles. The van der Waals surface area contributed by atoms with Crippen LogP contribution in [-0.4, -0.2) is 48.3 Å². The number of rotatable bonds is 4. The lowest BCUT2D eigenvalue weighted by Crippen LogP contribution is -2.49. The average Bonchev–Trinajstić information content (AvgIpc) is 2.71. The number of hydrogen-bond acceptors (Lipinski definition) is 5. The van der Waals surface area contributed by atoms with E-state index in [0.29, 0.717) is 6.07 Å². The number of ether oxygens (including phenoxy) is 1. The van der Waals surface area contributed by atoms with Crippen molar-refractivity contribution >= 4 is 38.6 Å². The molecule has 0 aromatic heterocycles. The highest BCUT2D eigenvalue weighted by atomic mass is 35.5. The molecule has 0 aliphatic carbocycles. The van der Waals surface area contributed by atoms with E-state index in [4.69, 9.17) is 21.1 Å². The smallest absolute Gasteiger partial charge is 0.366 e. The second-order valence-corrected chi connectivity index (χ2v) is 10.1. The molecule has 14 heteroatoms. The lowest BCUT2D eigenvalue weighted by molar-refractivity contribution is -0.221. The monoisotopic (exact) mass is 529 g/mol. The highest BCUT2D eigenvalue weighted by molar-refractivity contribution is 7.91. The molecule has 186 valence electrons. The van der Waals surface area contributed by atoms with Crippen LogP contribution in [0, 0.1) is 4.78 Å². The molecule has 3 rings (SSSR count). The topological polar surface area (TPSA) is 82.5 Å². The first-order chi connectivity index (χ1) is 15.6. The third-order valence-corrected chi connectivity index (χ3v) is 6.42. The Morgan fingerprint density at radius 3 is 2.47 bits per heavy atom. The fraction of sp³-hybridized carbons (Fsp3) is 0.350. The predicted molar refractivity (Wildman–Crippen MR) is 114 cm³/mol. The quantitative estimate of drug-likeness (QED) is 0.519. The lowest BCUT2D eigenvalue weighted by Gasteiger charge is -2.36. The predicted octanol–water partition coefficient (Wildman–Crippen LogP) is 5.41. The molecule has 1 amide bonds. The maximum absolute atomic E-state index is 13.4. The lowest BCUT2D eigenvalue weighted by atomic mass is 10.0. The second-order valence-electron chi connectivity index (χ2n) is 7.52. The Morgan fingerprint density at radius 2 is 1.88 bits per heavy atom. The molecule has 1 heterocycles. The van der Waals surface area contributed by atoms with Gasteiger partial charge in [-0.15, -0.1) is 0 Å². The Kier molecular flexibility index (Phi) is 7.11. The number of alkyl halides is 6. The van der Waals surface area contributed by atoms with Crippen molar-refractivity contribution in [3.05, 3.63) is 52.5 Å². The molecule has 1 aliphatic heterocycles. The van der Waals surface area contributed by atoms with Gasteiger partial charge in [0.1, 0.15) is 0 Å². The normalized spacial score (nSPS) is 18.9. The summed E-state index contributed by atoms with van der Waals surface area (Å²) >= 11 is 5.77. The van der Waals surface area contributed by atoms with Crippen LogP contribution < -0.4 is 10.2 Å². The van der Waals surface area contributed by atoms with Crippen molar-refractivity contribution in [2.45, 2.75) is 23.4 Å². The number of nitrogens with one attached hydrogen (secondary N) is 2. The van der Waals surface area contributed by atoms with Crippen molar-refractivity contribution in [2.75, 3.05) is 36.2 Å². The van der Waals surface area contributed by atoms with E-state index in [1.165, 1.54) is 24.3 Å². The Balaban J connectivity index is 2.04. The average molecular weight is 530 g/mol. The zero-order chi connectivity index (χ0) is 25.5. The summed E-state index contributed by atoms with van der Waals surface area (Å²) < 4.78 is 104. The summed E-state index contributed by atoms with van der Waals surface area (Å²) in [6, 6.07) is 6.74. The SMILES string of the molecule is C[S@@](=N)(=O)c1cccc(NC(=O)c2cc(Cl)c(C(F)(F)F)cc2N2CCO[C@H](C(F)(F)F)C2)c1.